The summed E-state index contributed by atoms with van der Waals surface area (Å²) in [4.78, 5) is 11.4. The van der Waals surface area contributed by atoms with Crippen LogP contribution in [0.4, 0.5) is 4.79 Å². The Bertz CT molecular complexity index is 392. The molecule has 0 aliphatic rings. The fourth-order valence-electron chi connectivity index (χ4n) is 1.07. The van der Waals surface area contributed by atoms with Gasteiger partial charge in [0.2, 0.25) is 0 Å². The molecule has 1 amide bonds. The van der Waals surface area contributed by atoms with Gasteiger partial charge in [-0.3, -0.25) is 0 Å². The maximum Gasteiger partial charge on any atom is 0.412 e. The van der Waals surface area contributed by atoms with Crippen molar-refractivity contribution in [2.75, 3.05) is 6.54 Å². The maximum absolute atomic E-state index is 11.4. The van der Waals surface area contributed by atoms with Gasteiger partial charge in [-0.15, -0.1) is 0 Å². The Hall–Kier alpha value is -2.24. The lowest BCUT2D eigenvalue weighted by atomic mass is 10.1. The number of nitrogens with two attached hydrogens (primary N) is 1. The summed E-state index contributed by atoms with van der Waals surface area (Å²) >= 11 is 0. The summed E-state index contributed by atoms with van der Waals surface area (Å²) in [5, 5.41) is 13.8. The lowest BCUT2D eigenvalue weighted by Gasteiger charge is -2.10. The molecule has 0 saturated heterocycles. The Kier molecular flexibility index (Phi) is 4.80. The zero-order chi connectivity index (χ0) is 12.7. The molecule has 1 aromatic carbocycles. The van der Waals surface area contributed by atoms with Crippen molar-refractivity contribution in [2.45, 2.75) is 6.92 Å². The third kappa shape index (κ3) is 4.42. The molecule has 0 heterocycles. The molecular weight excluding hydrogens is 222 g/mol. The Labute approximate surface area is 99.1 Å². The van der Waals surface area contributed by atoms with E-state index in [1.807, 2.05) is 6.07 Å². The fraction of sp³-hybridized carbons (Fsp3) is 0.273. The monoisotopic (exact) mass is 237 g/mol. The van der Waals surface area contributed by atoms with Crippen LogP contribution in [0.2, 0.25) is 0 Å². The quantitative estimate of drug-likeness (QED) is 0.317. The average molecular weight is 237 g/mol. The highest BCUT2D eigenvalue weighted by atomic mass is 16.6. The van der Waals surface area contributed by atoms with Crippen molar-refractivity contribution in [3.63, 3.8) is 0 Å². The summed E-state index contributed by atoms with van der Waals surface area (Å²) in [7, 11) is 0. The molecule has 0 aromatic heterocycles. The van der Waals surface area contributed by atoms with Crippen LogP contribution in [0.25, 0.3) is 0 Å². The summed E-state index contributed by atoms with van der Waals surface area (Å²) < 4.78 is 4.98. The summed E-state index contributed by atoms with van der Waals surface area (Å²) in [6, 6.07) is 8.70. The number of nitrogens with one attached hydrogen (secondary N) is 1. The van der Waals surface area contributed by atoms with Crippen LogP contribution >= 0.6 is 0 Å². The van der Waals surface area contributed by atoms with E-state index in [1.165, 1.54) is 0 Å². The van der Waals surface area contributed by atoms with Crippen molar-refractivity contribution in [3.8, 4) is 5.75 Å². The van der Waals surface area contributed by atoms with Gasteiger partial charge in [-0.25, -0.2) is 4.79 Å². The molecule has 1 atom stereocenters. The van der Waals surface area contributed by atoms with Crippen LogP contribution in [0.5, 0.6) is 5.75 Å². The van der Waals surface area contributed by atoms with Gasteiger partial charge in [-0.2, -0.15) is 0 Å². The largest absolute Gasteiger partial charge is 0.412 e. The predicted octanol–water partition coefficient (Wildman–Crippen LogP) is 1.16. The van der Waals surface area contributed by atoms with Crippen molar-refractivity contribution in [2.24, 2.45) is 16.8 Å². The van der Waals surface area contributed by atoms with E-state index in [1.54, 1.807) is 31.2 Å². The summed E-state index contributed by atoms with van der Waals surface area (Å²) in [6.45, 7) is 1.96. The molecule has 0 saturated carbocycles. The van der Waals surface area contributed by atoms with Gasteiger partial charge in [-0.05, 0) is 12.1 Å². The fourth-order valence-corrected chi connectivity index (χ4v) is 1.07. The number of para-hydroxylation sites is 1. The van der Waals surface area contributed by atoms with E-state index < -0.39 is 6.09 Å². The second-order valence-electron chi connectivity index (χ2n) is 3.51. The molecule has 92 valence electrons. The molecule has 0 spiro atoms. The standard InChI is InChI=1S/C11H15N3O3/c1-8(10(12)14-16)7-13-11(15)17-9-5-3-2-4-6-9/h2-6,8,16H,7H2,1H3,(H2,12,14)(H,13,15). The van der Waals surface area contributed by atoms with Crippen molar-refractivity contribution >= 4 is 11.9 Å². The number of rotatable bonds is 4. The van der Waals surface area contributed by atoms with Crippen LogP contribution in [0.15, 0.2) is 35.5 Å². The molecule has 0 aliphatic heterocycles. The lowest BCUT2D eigenvalue weighted by Crippen LogP contribution is -2.36. The average Bonchev–Trinajstić information content (AvgIpc) is 2.36. The summed E-state index contributed by atoms with van der Waals surface area (Å²) in [5.74, 6) is 0.259. The van der Waals surface area contributed by atoms with Crippen LogP contribution in [0, 0.1) is 5.92 Å². The highest BCUT2D eigenvalue weighted by Gasteiger charge is 2.10. The SMILES string of the molecule is CC(CNC(=O)Oc1ccccc1)C(N)=NO. The molecule has 0 aliphatic carbocycles. The molecular formula is C11H15N3O3. The number of amidine groups is 1. The predicted molar refractivity (Wildman–Crippen MR) is 63.0 cm³/mol. The van der Waals surface area contributed by atoms with Crippen LogP contribution in [-0.2, 0) is 0 Å². The van der Waals surface area contributed by atoms with Crippen LogP contribution in [0.1, 0.15) is 6.92 Å². The third-order valence-electron chi connectivity index (χ3n) is 2.13. The minimum Gasteiger partial charge on any atom is -0.410 e. The number of amides is 1. The second-order valence-corrected chi connectivity index (χ2v) is 3.51. The Morgan fingerprint density at radius 1 is 1.53 bits per heavy atom. The molecule has 1 unspecified atom stereocenters. The summed E-state index contributed by atoms with van der Waals surface area (Å²) in [6.07, 6.45) is -0.575. The highest BCUT2D eigenvalue weighted by Crippen LogP contribution is 2.08. The van der Waals surface area contributed by atoms with E-state index in [0.717, 1.165) is 0 Å². The molecule has 6 heteroatoms. The zero-order valence-electron chi connectivity index (χ0n) is 9.46. The first-order valence-electron chi connectivity index (χ1n) is 5.11. The van der Waals surface area contributed by atoms with E-state index >= 15 is 0 Å². The van der Waals surface area contributed by atoms with Crippen molar-refractivity contribution in [3.05, 3.63) is 30.3 Å². The minimum absolute atomic E-state index is 0.0602. The van der Waals surface area contributed by atoms with Crippen LogP contribution in [-0.4, -0.2) is 23.7 Å². The molecule has 4 N–H and O–H groups in total. The first kappa shape index (κ1) is 12.8. The van der Waals surface area contributed by atoms with E-state index in [4.69, 9.17) is 15.7 Å². The van der Waals surface area contributed by atoms with Gasteiger partial charge >= 0.3 is 6.09 Å². The number of nitrogens with zero attached hydrogens (tertiary/aromatic N) is 1. The number of hydrogen-bond acceptors (Lipinski definition) is 4. The van der Waals surface area contributed by atoms with Gasteiger partial charge in [0.15, 0.2) is 0 Å². The van der Waals surface area contributed by atoms with E-state index in [-0.39, 0.29) is 18.3 Å². The van der Waals surface area contributed by atoms with Gasteiger partial charge in [-0.1, -0.05) is 30.3 Å². The molecule has 0 fully saturated rings. The Balaban J connectivity index is 2.36. The zero-order valence-corrected chi connectivity index (χ0v) is 9.46. The maximum atomic E-state index is 11.4. The van der Waals surface area contributed by atoms with Gasteiger partial charge < -0.3 is 21.0 Å². The molecule has 6 nitrogen and oxygen atoms in total. The Morgan fingerprint density at radius 2 is 2.18 bits per heavy atom. The number of hydrogen-bond donors (Lipinski definition) is 3. The van der Waals surface area contributed by atoms with Crippen molar-refractivity contribution < 1.29 is 14.7 Å². The number of carbonyl (C=O) groups is 1. The molecule has 0 radical (unpaired) electrons. The Morgan fingerprint density at radius 3 is 2.76 bits per heavy atom. The van der Waals surface area contributed by atoms with Crippen LogP contribution in [0.3, 0.4) is 0 Å². The van der Waals surface area contributed by atoms with Gasteiger partial charge in [0.05, 0.1) is 0 Å². The van der Waals surface area contributed by atoms with Crippen LogP contribution < -0.4 is 15.8 Å². The first-order chi connectivity index (χ1) is 8.13. The van der Waals surface area contributed by atoms with Crippen molar-refractivity contribution in [1.82, 2.24) is 5.32 Å². The molecule has 17 heavy (non-hydrogen) atoms. The van der Waals surface area contributed by atoms with E-state index in [9.17, 15) is 4.79 Å². The van der Waals surface area contributed by atoms with Crippen molar-refractivity contribution in [1.29, 1.82) is 0 Å². The number of ether oxygens (including phenoxy) is 1. The van der Waals surface area contributed by atoms with E-state index in [2.05, 4.69) is 10.5 Å². The topological polar surface area (TPSA) is 96.9 Å². The smallest absolute Gasteiger partial charge is 0.410 e. The number of carbonyl (C=O) groups excluding carboxylic acids is 1. The highest BCUT2D eigenvalue weighted by molar-refractivity contribution is 5.82. The molecule has 0 bridgehead atoms. The molecule has 1 rings (SSSR count). The third-order valence-corrected chi connectivity index (χ3v) is 2.13. The normalized spacial score (nSPS) is 12.9. The van der Waals surface area contributed by atoms with Gasteiger partial charge in [0.1, 0.15) is 11.6 Å². The second kappa shape index (κ2) is 6.37. The van der Waals surface area contributed by atoms with E-state index in [0.29, 0.717) is 5.75 Å². The first-order valence-corrected chi connectivity index (χ1v) is 5.11. The lowest BCUT2D eigenvalue weighted by molar-refractivity contribution is 0.199. The molecule has 1 aromatic rings. The minimum atomic E-state index is -0.575. The summed E-state index contributed by atoms with van der Waals surface area (Å²) in [5.41, 5.74) is 5.36. The number of benzene rings is 1. The van der Waals surface area contributed by atoms with Gasteiger partial charge in [0, 0.05) is 12.5 Å². The number of oxime groups is 1. The van der Waals surface area contributed by atoms with Gasteiger partial charge in [0.25, 0.3) is 0 Å².